The van der Waals surface area contributed by atoms with E-state index in [2.05, 4.69) is 20.8 Å². The minimum atomic E-state index is -0.402. The fourth-order valence-electron chi connectivity index (χ4n) is 4.43. The number of tetrazole rings is 1. The summed E-state index contributed by atoms with van der Waals surface area (Å²) in [5.41, 5.74) is 1.10. The van der Waals surface area contributed by atoms with Crippen LogP contribution in [0.2, 0.25) is 0 Å². The molecule has 2 bridgehead atoms. The molecule has 1 heterocycles. The summed E-state index contributed by atoms with van der Waals surface area (Å²) in [6.45, 7) is 0.785. The molecule has 6 heteroatoms. The van der Waals surface area contributed by atoms with Crippen molar-refractivity contribution < 1.29 is 4.79 Å². The quantitative estimate of drug-likeness (QED) is 0.882. The Balaban J connectivity index is 1.41. The minimum Gasteiger partial charge on any atom is -0.354 e. The number of hydrogen-bond acceptors (Lipinski definition) is 4. The molecule has 1 aromatic carbocycles. The average molecular weight is 325 g/mol. The highest BCUT2D eigenvalue weighted by Crippen LogP contribution is 2.47. The van der Waals surface area contributed by atoms with Gasteiger partial charge in [-0.25, -0.2) is 4.68 Å². The second kappa shape index (κ2) is 6.71. The molecule has 2 aliphatic carbocycles. The van der Waals surface area contributed by atoms with Crippen LogP contribution in [0.25, 0.3) is 0 Å². The number of aromatic nitrogens is 4. The predicted octanol–water partition coefficient (Wildman–Crippen LogP) is 2.01. The van der Waals surface area contributed by atoms with E-state index in [0.717, 1.165) is 23.9 Å². The molecule has 2 saturated carbocycles. The molecule has 0 aliphatic heterocycles. The molecular weight excluding hydrogens is 302 g/mol. The molecule has 2 aromatic rings. The standard InChI is InChI=1S/C18H23N5O/c24-18(19-11-16-9-14-6-7-15(16)8-14)17(23-12-20-21-22-23)10-13-4-2-1-3-5-13/h1-5,12,14-17H,6-11H2,(H,19,24)/t14-,15-,16+,17+/m0/s1. The van der Waals surface area contributed by atoms with Gasteiger partial charge in [0, 0.05) is 13.0 Å². The van der Waals surface area contributed by atoms with E-state index in [1.807, 2.05) is 30.3 Å². The van der Waals surface area contributed by atoms with Crippen molar-refractivity contribution in [2.24, 2.45) is 17.8 Å². The van der Waals surface area contributed by atoms with Gasteiger partial charge in [-0.3, -0.25) is 4.79 Å². The van der Waals surface area contributed by atoms with Crippen molar-refractivity contribution in [3.05, 3.63) is 42.2 Å². The Kier molecular flexibility index (Phi) is 4.28. The van der Waals surface area contributed by atoms with Crippen LogP contribution in [-0.2, 0) is 11.2 Å². The molecule has 0 saturated heterocycles. The van der Waals surface area contributed by atoms with E-state index in [9.17, 15) is 4.79 Å². The molecule has 2 fully saturated rings. The highest BCUT2D eigenvalue weighted by Gasteiger charge is 2.39. The third-order valence-electron chi connectivity index (χ3n) is 5.68. The van der Waals surface area contributed by atoms with Gasteiger partial charge < -0.3 is 5.32 Å². The maximum absolute atomic E-state index is 12.8. The van der Waals surface area contributed by atoms with Crippen LogP contribution in [0.3, 0.4) is 0 Å². The van der Waals surface area contributed by atoms with Crippen molar-refractivity contribution in [1.29, 1.82) is 0 Å². The number of carbonyl (C=O) groups excluding carboxylic acids is 1. The molecule has 0 unspecified atom stereocenters. The molecule has 24 heavy (non-hydrogen) atoms. The first-order valence-corrected chi connectivity index (χ1v) is 8.83. The van der Waals surface area contributed by atoms with Crippen LogP contribution in [0.1, 0.15) is 37.3 Å². The first-order chi connectivity index (χ1) is 11.8. The van der Waals surface area contributed by atoms with E-state index in [1.54, 1.807) is 4.68 Å². The van der Waals surface area contributed by atoms with Crippen molar-refractivity contribution in [2.45, 2.75) is 38.1 Å². The predicted molar refractivity (Wildman–Crippen MR) is 88.9 cm³/mol. The lowest BCUT2D eigenvalue weighted by molar-refractivity contribution is -0.124. The summed E-state index contributed by atoms with van der Waals surface area (Å²) >= 11 is 0. The summed E-state index contributed by atoms with van der Waals surface area (Å²) in [7, 11) is 0. The van der Waals surface area contributed by atoms with Crippen molar-refractivity contribution in [1.82, 2.24) is 25.5 Å². The maximum atomic E-state index is 12.8. The SMILES string of the molecule is O=C(NC[C@H]1C[C@H]2CC[C@H]1C2)[C@@H](Cc1ccccc1)n1cnnn1. The van der Waals surface area contributed by atoms with Gasteiger partial charge in [-0.05, 0) is 53.0 Å². The van der Waals surface area contributed by atoms with Crippen LogP contribution in [0.4, 0.5) is 0 Å². The number of nitrogens with zero attached hydrogens (tertiary/aromatic N) is 4. The van der Waals surface area contributed by atoms with Crippen molar-refractivity contribution in [3.8, 4) is 0 Å². The molecule has 6 nitrogen and oxygen atoms in total. The number of nitrogens with one attached hydrogen (secondary N) is 1. The molecule has 2 aliphatic rings. The molecule has 4 atom stereocenters. The smallest absolute Gasteiger partial charge is 0.245 e. The molecular formula is C18H23N5O. The lowest BCUT2D eigenvalue weighted by Gasteiger charge is -2.23. The fraction of sp³-hybridized carbons (Fsp3) is 0.556. The minimum absolute atomic E-state index is 0.00827. The molecule has 1 amide bonds. The van der Waals surface area contributed by atoms with Crippen LogP contribution in [0, 0.1) is 17.8 Å². The molecule has 0 radical (unpaired) electrons. The largest absolute Gasteiger partial charge is 0.354 e. The van der Waals surface area contributed by atoms with Gasteiger partial charge in [0.1, 0.15) is 12.4 Å². The summed E-state index contributed by atoms with van der Waals surface area (Å²) in [6.07, 6.45) is 7.47. The van der Waals surface area contributed by atoms with Gasteiger partial charge in [0.25, 0.3) is 0 Å². The number of fused-ring (bicyclic) bond motifs is 2. The van der Waals surface area contributed by atoms with Gasteiger partial charge in [0.2, 0.25) is 5.91 Å². The highest BCUT2D eigenvalue weighted by atomic mass is 16.2. The van der Waals surface area contributed by atoms with Gasteiger partial charge in [-0.1, -0.05) is 36.8 Å². The first-order valence-electron chi connectivity index (χ1n) is 8.83. The van der Waals surface area contributed by atoms with E-state index < -0.39 is 6.04 Å². The van der Waals surface area contributed by atoms with Gasteiger partial charge in [0.15, 0.2) is 0 Å². The third-order valence-corrected chi connectivity index (χ3v) is 5.68. The Morgan fingerprint density at radius 3 is 2.79 bits per heavy atom. The number of amides is 1. The Morgan fingerprint density at radius 2 is 2.12 bits per heavy atom. The topological polar surface area (TPSA) is 72.7 Å². The lowest BCUT2D eigenvalue weighted by atomic mass is 9.89. The maximum Gasteiger partial charge on any atom is 0.245 e. The highest BCUT2D eigenvalue weighted by molar-refractivity contribution is 5.80. The normalized spacial score (nSPS) is 26.4. The van der Waals surface area contributed by atoms with E-state index in [4.69, 9.17) is 0 Å². The van der Waals surface area contributed by atoms with Crippen LogP contribution in [0.15, 0.2) is 36.7 Å². The van der Waals surface area contributed by atoms with Crippen LogP contribution < -0.4 is 5.32 Å². The molecule has 126 valence electrons. The zero-order valence-electron chi connectivity index (χ0n) is 13.7. The van der Waals surface area contributed by atoms with E-state index in [0.29, 0.717) is 12.3 Å². The van der Waals surface area contributed by atoms with Crippen molar-refractivity contribution in [3.63, 3.8) is 0 Å². The molecule has 1 N–H and O–H groups in total. The molecule has 4 rings (SSSR count). The molecule has 0 spiro atoms. The summed E-state index contributed by atoms with van der Waals surface area (Å²) < 4.78 is 1.56. The van der Waals surface area contributed by atoms with E-state index >= 15 is 0 Å². The second-order valence-corrected chi connectivity index (χ2v) is 7.18. The average Bonchev–Trinajstić information content (AvgIpc) is 3.36. The Morgan fingerprint density at radius 1 is 1.25 bits per heavy atom. The van der Waals surface area contributed by atoms with Crippen molar-refractivity contribution >= 4 is 5.91 Å². The number of hydrogen-bond donors (Lipinski definition) is 1. The first kappa shape index (κ1) is 15.3. The number of rotatable bonds is 6. The van der Waals surface area contributed by atoms with Crippen molar-refractivity contribution in [2.75, 3.05) is 6.54 Å². The van der Waals surface area contributed by atoms with E-state index in [1.165, 1.54) is 32.0 Å². The van der Waals surface area contributed by atoms with E-state index in [-0.39, 0.29) is 5.91 Å². The summed E-state index contributed by atoms with van der Waals surface area (Å²) in [5.74, 6) is 2.38. The number of benzene rings is 1. The second-order valence-electron chi connectivity index (χ2n) is 7.18. The summed E-state index contributed by atoms with van der Waals surface area (Å²) in [5, 5.41) is 14.5. The third kappa shape index (κ3) is 3.18. The number of carbonyl (C=O) groups is 1. The van der Waals surface area contributed by atoms with Crippen LogP contribution in [-0.4, -0.2) is 32.7 Å². The molecule has 1 aromatic heterocycles. The summed E-state index contributed by atoms with van der Waals surface area (Å²) in [6, 6.07) is 9.60. The van der Waals surface area contributed by atoms with Gasteiger partial charge in [-0.2, -0.15) is 0 Å². The Bertz CT molecular complexity index is 672. The van der Waals surface area contributed by atoms with Crippen LogP contribution >= 0.6 is 0 Å². The van der Waals surface area contributed by atoms with Gasteiger partial charge in [0.05, 0.1) is 0 Å². The van der Waals surface area contributed by atoms with Crippen LogP contribution in [0.5, 0.6) is 0 Å². The Hall–Kier alpha value is -2.24. The van der Waals surface area contributed by atoms with Gasteiger partial charge >= 0.3 is 0 Å². The summed E-state index contributed by atoms with van der Waals surface area (Å²) in [4.78, 5) is 12.8. The fourth-order valence-corrected chi connectivity index (χ4v) is 4.43. The Labute approximate surface area is 141 Å². The zero-order valence-corrected chi connectivity index (χ0v) is 13.7. The lowest BCUT2D eigenvalue weighted by Crippen LogP contribution is -2.38. The van der Waals surface area contributed by atoms with Gasteiger partial charge in [-0.15, -0.1) is 5.10 Å². The zero-order chi connectivity index (χ0) is 16.4. The monoisotopic (exact) mass is 325 g/mol.